The number of aromatic nitrogens is 3. The fourth-order valence-corrected chi connectivity index (χ4v) is 4.19. The number of hydrogen-bond acceptors (Lipinski definition) is 8. The molecule has 34 heavy (non-hydrogen) atoms. The number of rotatable bonds is 8. The third-order valence-corrected chi connectivity index (χ3v) is 5.89. The van der Waals surface area contributed by atoms with Crippen LogP contribution in [0, 0.1) is 6.92 Å². The molecule has 0 aliphatic heterocycles. The second-order valence-electron chi connectivity index (χ2n) is 7.19. The molecule has 0 bridgehead atoms. The molecule has 4 rings (SSSR count). The summed E-state index contributed by atoms with van der Waals surface area (Å²) < 4.78 is 22.9. The first kappa shape index (κ1) is 23.1. The van der Waals surface area contributed by atoms with E-state index in [2.05, 4.69) is 10.4 Å². The SMILES string of the molecule is COc1ccc(C(=O)Nc2cc(C)nn2-c2nc(-c3ccc(OC)c(OC)c3)cs2)cc1OC. The van der Waals surface area contributed by atoms with Crippen molar-refractivity contribution in [1.82, 2.24) is 14.8 Å². The molecule has 10 heteroatoms. The summed E-state index contributed by atoms with van der Waals surface area (Å²) in [5, 5.41) is 9.97. The summed E-state index contributed by atoms with van der Waals surface area (Å²) in [6.07, 6.45) is 0. The Hall–Kier alpha value is -4.05. The predicted octanol–water partition coefficient (Wildman–Crippen LogP) is 4.59. The summed E-state index contributed by atoms with van der Waals surface area (Å²) in [6.45, 7) is 1.85. The van der Waals surface area contributed by atoms with Gasteiger partial charge in [0, 0.05) is 22.6 Å². The van der Waals surface area contributed by atoms with Gasteiger partial charge in [0.15, 0.2) is 23.0 Å². The highest BCUT2D eigenvalue weighted by Gasteiger charge is 2.17. The molecule has 0 saturated heterocycles. The van der Waals surface area contributed by atoms with Crippen LogP contribution in [0.4, 0.5) is 5.82 Å². The summed E-state index contributed by atoms with van der Waals surface area (Å²) in [7, 11) is 6.25. The van der Waals surface area contributed by atoms with Gasteiger partial charge in [-0.05, 0) is 43.3 Å². The van der Waals surface area contributed by atoms with Gasteiger partial charge in [-0.3, -0.25) is 4.79 Å². The molecular formula is C24H24N4O5S. The molecule has 0 unspecified atom stereocenters. The van der Waals surface area contributed by atoms with Crippen molar-refractivity contribution < 1.29 is 23.7 Å². The summed E-state index contributed by atoms with van der Waals surface area (Å²) in [6, 6.07) is 12.4. The summed E-state index contributed by atoms with van der Waals surface area (Å²) in [4.78, 5) is 17.7. The zero-order valence-corrected chi connectivity index (χ0v) is 20.2. The smallest absolute Gasteiger partial charge is 0.256 e. The quantitative estimate of drug-likeness (QED) is 0.394. The molecule has 1 amide bonds. The number of hydrogen-bond donors (Lipinski definition) is 1. The van der Waals surface area contributed by atoms with Crippen molar-refractivity contribution in [3.63, 3.8) is 0 Å². The molecule has 0 radical (unpaired) electrons. The molecule has 1 N–H and O–H groups in total. The van der Waals surface area contributed by atoms with Gasteiger partial charge in [0.25, 0.3) is 5.91 Å². The topological polar surface area (TPSA) is 96.7 Å². The Morgan fingerprint density at radius 2 is 1.53 bits per heavy atom. The van der Waals surface area contributed by atoms with Crippen LogP contribution in [0.3, 0.4) is 0 Å². The number of anilines is 1. The molecule has 0 spiro atoms. The number of thiazole rings is 1. The Bertz CT molecular complexity index is 1330. The number of nitrogens with one attached hydrogen (secondary N) is 1. The van der Waals surface area contributed by atoms with Gasteiger partial charge in [0.1, 0.15) is 5.82 Å². The maximum Gasteiger partial charge on any atom is 0.256 e. The third-order valence-electron chi connectivity index (χ3n) is 5.07. The second-order valence-corrected chi connectivity index (χ2v) is 8.03. The lowest BCUT2D eigenvalue weighted by Crippen LogP contribution is -2.15. The molecule has 2 aromatic heterocycles. The van der Waals surface area contributed by atoms with E-state index in [4.69, 9.17) is 23.9 Å². The van der Waals surface area contributed by atoms with Crippen LogP contribution in [0.2, 0.25) is 0 Å². The van der Waals surface area contributed by atoms with Gasteiger partial charge < -0.3 is 24.3 Å². The highest BCUT2D eigenvalue weighted by Crippen LogP contribution is 2.34. The summed E-state index contributed by atoms with van der Waals surface area (Å²) >= 11 is 1.41. The van der Waals surface area contributed by atoms with E-state index in [9.17, 15) is 4.79 Å². The zero-order chi connectivity index (χ0) is 24.2. The molecule has 0 fully saturated rings. The van der Waals surface area contributed by atoms with E-state index in [1.807, 2.05) is 30.5 Å². The number of amides is 1. The van der Waals surface area contributed by atoms with Gasteiger partial charge in [-0.1, -0.05) is 0 Å². The Morgan fingerprint density at radius 1 is 0.882 bits per heavy atom. The molecule has 2 aromatic carbocycles. The zero-order valence-electron chi connectivity index (χ0n) is 19.4. The van der Waals surface area contributed by atoms with Crippen LogP contribution in [0.5, 0.6) is 23.0 Å². The van der Waals surface area contributed by atoms with Crippen molar-refractivity contribution in [3.8, 4) is 39.4 Å². The number of ether oxygens (including phenoxy) is 4. The van der Waals surface area contributed by atoms with Crippen LogP contribution >= 0.6 is 11.3 Å². The van der Waals surface area contributed by atoms with Crippen LogP contribution in [-0.4, -0.2) is 49.1 Å². The molecule has 0 atom stereocenters. The fraction of sp³-hybridized carbons (Fsp3) is 0.208. The van der Waals surface area contributed by atoms with Gasteiger partial charge in [0.05, 0.1) is 39.8 Å². The molecule has 0 aliphatic carbocycles. The lowest BCUT2D eigenvalue weighted by atomic mass is 10.1. The molecule has 0 saturated carbocycles. The highest BCUT2D eigenvalue weighted by molar-refractivity contribution is 7.12. The molecule has 176 valence electrons. The first-order valence-corrected chi connectivity index (χ1v) is 11.1. The lowest BCUT2D eigenvalue weighted by molar-refractivity contribution is 0.102. The average molecular weight is 481 g/mol. The van der Waals surface area contributed by atoms with Crippen molar-refractivity contribution in [2.45, 2.75) is 6.92 Å². The summed E-state index contributed by atoms with van der Waals surface area (Å²) in [5.74, 6) is 2.48. The number of aryl methyl sites for hydroxylation is 1. The van der Waals surface area contributed by atoms with Crippen molar-refractivity contribution in [3.05, 3.63) is 59.1 Å². The molecule has 4 aromatic rings. The Morgan fingerprint density at radius 3 is 2.21 bits per heavy atom. The number of carbonyl (C=O) groups is 1. The number of benzene rings is 2. The maximum atomic E-state index is 12.9. The minimum absolute atomic E-state index is 0.307. The van der Waals surface area contributed by atoms with Crippen molar-refractivity contribution in [1.29, 1.82) is 0 Å². The number of methoxy groups -OCH3 is 4. The minimum atomic E-state index is -0.307. The molecule has 2 heterocycles. The van der Waals surface area contributed by atoms with Gasteiger partial charge in [0.2, 0.25) is 5.13 Å². The van der Waals surface area contributed by atoms with Crippen molar-refractivity contribution in [2.75, 3.05) is 33.8 Å². The molecular weight excluding hydrogens is 456 g/mol. The normalized spacial score (nSPS) is 10.6. The second kappa shape index (κ2) is 9.84. The lowest BCUT2D eigenvalue weighted by Gasteiger charge is -2.10. The Balaban J connectivity index is 1.61. The Kier molecular flexibility index (Phi) is 6.69. The standard InChI is InChI=1S/C24H24N4O5S/c1-14-10-22(26-23(29)16-7-9-19(31-3)21(12-16)33-5)28(27-14)24-25-17(13-34-24)15-6-8-18(30-2)20(11-15)32-4/h6-13H,1-5H3,(H,26,29). The fourth-order valence-electron chi connectivity index (χ4n) is 3.39. The van der Waals surface area contributed by atoms with Crippen molar-refractivity contribution >= 4 is 23.1 Å². The van der Waals surface area contributed by atoms with E-state index in [-0.39, 0.29) is 5.91 Å². The number of nitrogens with zero attached hydrogens (tertiary/aromatic N) is 3. The molecule has 9 nitrogen and oxygen atoms in total. The first-order valence-electron chi connectivity index (χ1n) is 10.3. The van der Waals surface area contributed by atoms with Crippen molar-refractivity contribution in [2.24, 2.45) is 0 Å². The van der Waals surface area contributed by atoms with Gasteiger partial charge in [-0.25, -0.2) is 4.98 Å². The van der Waals surface area contributed by atoms with Gasteiger partial charge in [-0.15, -0.1) is 11.3 Å². The van der Waals surface area contributed by atoms with Crippen LogP contribution in [-0.2, 0) is 0 Å². The average Bonchev–Trinajstić information content (AvgIpc) is 3.49. The summed E-state index contributed by atoms with van der Waals surface area (Å²) in [5.41, 5.74) is 2.80. The highest BCUT2D eigenvalue weighted by atomic mass is 32.1. The monoisotopic (exact) mass is 480 g/mol. The maximum absolute atomic E-state index is 12.9. The van der Waals surface area contributed by atoms with E-state index in [0.717, 1.165) is 17.0 Å². The number of carbonyl (C=O) groups excluding carboxylic acids is 1. The van der Waals surface area contributed by atoms with E-state index in [0.29, 0.717) is 39.5 Å². The van der Waals surface area contributed by atoms with Crippen LogP contribution < -0.4 is 24.3 Å². The largest absolute Gasteiger partial charge is 0.493 e. The van der Waals surface area contributed by atoms with Gasteiger partial charge >= 0.3 is 0 Å². The predicted molar refractivity (Wildman–Crippen MR) is 130 cm³/mol. The third kappa shape index (κ3) is 4.53. The van der Waals surface area contributed by atoms with Crippen LogP contribution in [0.25, 0.3) is 16.4 Å². The Labute approximate surface area is 200 Å². The van der Waals surface area contributed by atoms with E-state index >= 15 is 0 Å². The van der Waals surface area contributed by atoms with Gasteiger partial charge in [-0.2, -0.15) is 9.78 Å². The van der Waals surface area contributed by atoms with E-state index in [1.165, 1.54) is 18.4 Å². The minimum Gasteiger partial charge on any atom is -0.493 e. The van der Waals surface area contributed by atoms with E-state index in [1.54, 1.807) is 50.3 Å². The first-order chi connectivity index (χ1) is 16.5. The van der Waals surface area contributed by atoms with E-state index < -0.39 is 0 Å². The van der Waals surface area contributed by atoms with Crippen LogP contribution in [0.15, 0.2) is 47.8 Å². The van der Waals surface area contributed by atoms with Crippen LogP contribution in [0.1, 0.15) is 16.1 Å². The molecule has 0 aliphatic rings.